The highest BCUT2D eigenvalue weighted by Crippen LogP contribution is 2.36. The number of alkyl halides is 3. The van der Waals surface area contributed by atoms with Crippen LogP contribution in [0.1, 0.15) is 48.6 Å². The quantitative estimate of drug-likeness (QED) is 0.0552. The van der Waals surface area contributed by atoms with E-state index in [0.29, 0.717) is 0 Å². The summed E-state index contributed by atoms with van der Waals surface area (Å²) in [4.78, 5) is 42.3. The van der Waals surface area contributed by atoms with Gasteiger partial charge in [0.1, 0.15) is 43.2 Å². The van der Waals surface area contributed by atoms with Crippen molar-refractivity contribution in [3.05, 3.63) is 143 Å². The molecule has 14 nitrogen and oxygen atoms in total. The minimum atomic E-state index is -4.59. The third kappa shape index (κ3) is 14.2. The zero-order valence-electron chi connectivity index (χ0n) is 36.2. The smallest absolute Gasteiger partial charge is 0.416 e. The summed E-state index contributed by atoms with van der Waals surface area (Å²) < 4.78 is 103. The van der Waals surface area contributed by atoms with Gasteiger partial charge in [-0.15, -0.1) is 0 Å². The maximum atomic E-state index is 13.5. The summed E-state index contributed by atoms with van der Waals surface area (Å²) in [5, 5.41) is 0. The van der Waals surface area contributed by atoms with E-state index >= 15 is 0 Å². The summed E-state index contributed by atoms with van der Waals surface area (Å²) in [5.41, 5.74) is 1.90. The first-order valence-electron chi connectivity index (χ1n) is 20.9. The molecule has 65 heavy (non-hydrogen) atoms. The van der Waals surface area contributed by atoms with Gasteiger partial charge in [-0.05, 0) is 34.4 Å². The topological polar surface area (TPSA) is 156 Å². The van der Waals surface area contributed by atoms with Gasteiger partial charge in [-0.1, -0.05) is 103 Å². The molecule has 0 radical (unpaired) electrons. The Kier molecular flexibility index (Phi) is 17.8. The van der Waals surface area contributed by atoms with Gasteiger partial charge in [0.2, 0.25) is 0 Å². The third-order valence-electron chi connectivity index (χ3n) is 10.4. The zero-order chi connectivity index (χ0) is 46.3. The molecular weight excluding hydrogens is 856 g/mol. The number of nitrogens with zero attached hydrogens (tertiary/aromatic N) is 1. The van der Waals surface area contributed by atoms with Crippen molar-refractivity contribution >= 4 is 24.1 Å². The van der Waals surface area contributed by atoms with E-state index in [9.17, 15) is 27.6 Å². The third-order valence-corrected chi connectivity index (χ3v) is 10.4. The molecule has 0 amide bonds. The van der Waals surface area contributed by atoms with Crippen molar-refractivity contribution in [3.8, 4) is 0 Å². The average molecular weight is 908 g/mol. The molecule has 17 heteroatoms. The Morgan fingerprint density at radius 2 is 1.11 bits per heavy atom. The molecule has 2 aliphatic rings. The first-order chi connectivity index (χ1) is 31.3. The highest BCUT2D eigenvalue weighted by Gasteiger charge is 2.55. The van der Waals surface area contributed by atoms with Gasteiger partial charge in [0, 0.05) is 34.1 Å². The van der Waals surface area contributed by atoms with E-state index in [1.165, 1.54) is 32.4 Å². The van der Waals surface area contributed by atoms with Gasteiger partial charge in [-0.25, -0.2) is 0 Å². The number of rotatable bonds is 19. The highest BCUT2D eigenvalue weighted by atomic mass is 19.4. The number of benzene rings is 4. The van der Waals surface area contributed by atoms with Crippen molar-refractivity contribution in [2.75, 3.05) is 20.3 Å². The Morgan fingerprint density at radius 1 is 0.600 bits per heavy atom. The van der Waals surface area contributed by atoms with Crippen molar-refractivity contribution < 1.29 is 74.9 Å². The number of aliphatic imine (C=N–C) groups is 1. The highest BCUT2D eigenvalue weighted by molar-refractivity contribution is 5.80. The first-order valence-corrected chi connectivity index (χ1v) is 20.9. The summed E-state index contributed by atoms with van der Waals surface area (Å²) in [6.45, 7) is 3.26. The lowest BCUT2D eigenvalue weighted by Crippen LogP contribution is -2.66. The van der Waals surface area contributed by atoms with E-state index < -0.39 is 97.6 Å². The summed E-state index contributed by atoms with van der Waals surface area (Å²) in [7, 11) is 1.47. The van der Waals surface area contributed by atoms with Gasteiger partial charge >= 0.3 is 24.1 Å². The molecule has 6 rings (SSSR count). The van der Waals surface area contributed by atoms with Crippen molar-refractivity contribution in [2.24, 2.45) is 4.99 Å². The summed E-state index contributed by atoms with van der Waals surface area (Å²) >= 11 is 0. The van der Waals surface area contributed by atoms with Crippen LogP contribution in [0.2, 0.25) is 0 Å². The van der Waals surface area contributed by atoms with Crippen LogP contribution in [0.25, 0.3) is 0 Å². The minimum absolute atomic E-state index is 0.0747. The van der Waals surface area contributed by atoms with Crippen LogP contribution in [-0.2, 0) is 87.7 Å². The van der Waals surface area contributed by atoms with Gasteiger partial charge in [0.15, 0.2) is 24.8 Å². The van der Waals surface area contributed by atoms with Gasteiger partial charge in [0.25, 0.3) is 0 Å². The van der Waals surface area contributed by atoms with E-state index in [0.717, 1.165) is 42.7 Å². The number of halogens is 3. The lowest BCUT2D eigenvalue weighted by Gasteiger charge is -2.49. The molecule has 4 aromatic carbocycles. The van der Waals surface area contributed by atoms with Crippen molar-refractivity contribution in [2.45, 2.75) is 108 Å². The molecule has 0 aromatic heterocycles. The largest absolute Gasteiger partial charge is 0.463 e. The van der Waals surface area contributed by atoms with E-state index in [-0.39, 0.29) is 32.0 Å². The van der Waals surface area contributed by atoms with Crippen LogP contribution in [0.3, 0.4) is 0 Å². The number of hydrogen-bond donors (Lipinski definition) is 0. The van der Waals surface area contributed by atoms with Crippen LogP contribution in [0.5, 0.6) is 0 Å². The molecule has 0 saturated carbocycles. The van der Waals surface area contributed by atoms with E-state index in [2.05, 4.69) is 4.99 Å². The normalized spacial score (nSPS) is 25.8. The van der Waals surface area contributed by atoms with Crippen LogP contribution in [-0.4, -0.2) is 106 Å². The van der Waals surface area contributed by atoms with Crippen LogP contribution in [0.4, 0.5) is 13.2 Å². The van der Waals surface area contributed by atoms with E-state index in [1.54, 1.807) is 0 Å². The Bertz CT molecular complexity index is 2130. The summed E-state index contributed by atoms with van der Waals surface area (Å²) in [6, 6.07) is 31.1. The van der Waals surface area contributed by atoms with Gasteiger partial charge in [-0.2, -0.15) is 13.2 Å². The molecule has 4 aromatic rings. The maximum Gasteiger partial charge on any atom is 0.416 e. The SMILES string of the molecule is CO[C@H]1O[C@H](COCc2ccccc2)[C@@H](O[C@H]2O[C@H](COC(C)=O)[C@@H](OC(C)=O)[C@H](OC(C)=O)[C@H]2N=Cc2ccc(C(F)(F)F)cc2)[C@H](OCc2ccccc2)[C@H]1OCc1ccccc1. The molecule has 0 aliphatic carbocycles. The fourth-order valence-corrected chi connectivity index (χ4v) is 7.37. The van der Waals surface area contributed by atoms with Crippen LogP contribution < -0.4 is 0 Å². The number of ether oxygens (including phenoxy) is 10. The first kappa shape index (κ1) is 48.9. The molecule has 0 bridgehead atoms. The lowest BCUT2D eigenvalue weighted by atomic mass is 9.95. The van der Waals surface area contributed by atoms with Gasteiger partial charge in [0.05, 0.1) is 32.0 Å². The average Bonchev–Trinajstić information content (AvgIpc) is 3.28. The number of carbonyl (C=O) groups is 3. The number of methoxy groups -OCH3 is 1. The molecule has 2 saturated heterocycles. The minimum Gasteiger partial charge on any atom is -0.463 e. The van der Waals surface area contributed by atoms with Gasteiger partial charge < -0.3 is 47.4 Å². The second-order valence-corrected chi connectivity index (χ2v) is 15.3. The molecule has 2 heterocycles. The molecule has 0 unspecified atom stereocenters. The Morgan fingerprint density at radius 3 is 1.63 bits per heavy atom. The van der Waals surface area contributed by atoms with Crippen LogP contribution >= 0.6 is 0 Å². The second-order valence-electron chi connectivity index (χ2n) is 15.3. The predicted molar refractivity (Wildman–Crippen MR) is 226 cm³/mol. The molecular formula is C48H52F3NO13. The standard InChI is InChI=1S/C48H52F3NO13/c1-30(53)58-29-39-41(61-31(2)54)43(62-32(3)55)40(52-24-33-20-22-37(23-21-33)48(49,50)51)46(63-39)65-42-38(28-57-25-34-14-8-5-9-15-34)64-47(56-4)45(60-27-36-18-12-7-13-19-36)44(42)59-26-35-16-10-6-11-17-35/h5-24,38-47H,25-29H2,1-4H3/t38-,39-,40-,41-,42-,43-,44+,45-,46-,47+/m1/s1. The number of hydrogen-bond acceptors (Lipinski definition) is 14. The zero-order valence-corrected chi connectivity index (χ0v) is 36.2. The molecule has 348 valence electrons. The molecule has 0 N–H and O–H groups in total. The second kappa shape index (κ2) is 23.6. The van der Waals surface area contributed by atoms with Crippen molar-refractivity contribution in [1.82, 2.24) is 0 Å². The number of carbonyl (C=O) groups excluding carboxylic acids is 3. The molecule has 0 spiro atoms. The van der Waals surface area contributed by atoms with E-state index in [1.807, 2.05) is 91.0 Å². The van der Waals surface area contributed by atoms with Crippen LogP contribution in [0.15, 0.2) is 120 Å². The Balaban J connectivity index is 1.44. The monoisotopic (exact) mass is 907 g/mol. The Hall–Kier alpha value is -5.53. The fourth-order valence-electron chi connectivity index (χ4n) is 7.37. The van der Waals surface area contributed by atoms with Crippen LogP contribution in [0, 0.1) is 0 Å². The summed E-state index contributed by atoms with van der Waals surface area (Å²) in [6.07, 6.45) is -14.2. The van der Waals surface area contributed by atoms with Gasteiger partial charge in [-0.3, -0.25) is 19.4 Å². The fraction of sp³-hybridized carbons (Fsp3) is 0.417. The van der Waals surface area contributed by atoms with Crippen molar-refractivity contribution in [1.29, 1.82) is 0 Å². The molecule has 10 atom stereocenters. The number of esters is 3. The lowest BCUT2D eigenvalue weighted by molar-refractivity contribution is -0.355. The Labute approximate surface area is 374 Å². The van der Waals surface area contributed by atoms with Crippen molar-refractivity contribution in [3.63, 3.8) is 0 Å². The predicted octanol–water partition coefficient (Wildman–Crippen LogP) is 6.79. The van der Waals surface area contributed by atoms with E-state index in [4.69, 9.17) is 47.4 Å². The summed E-state index contributed by atoms with van der Waals surface area (Å²) in [5.74, 6) is -2.28. The molecule has 2 fully saturated rings. The molecule has 2 aliphatic heterocycles. The maximum absolute atomic E-state index is 13.5.